The van der Waals surface area contributed by atoms with Crippen molar-refractivity contribution in [3.63, 3.8) is 0 Å². The SMILES string of the molecule is CCOC(=O)C(C)(CCC#N)c1cccc(OC)c1. The lowest BCUT2D eigenvalue weighted by Gasteiger charge is -2.27. The van der Waals surface area contributed by atoms with Crippen LogP contribution in [0.3, 0.4) is 0 Å². The van der Waals surface area contributed by atoms with E-state index in [1.54, 1.807) is 21.0 Å². The van der Waals surface area contributed by atoms with Crippen LogP contribution in [0, 0.1) is 11.3 Å². The number of esters is 1. The summed E-state index contributed by atoms with van der Waals surface area (Å²) in [4.78, 5) is 12.2. The molecule has 0 bridgehead atoms. The summed E-state index contributed by atoms with van der Waals surface area (Å²) in [6.07, 6.45) is 0.724. The molecule has 0 saturated carbocycles. The summed E-state index contributed by atoms with van der Waals surface area (Å²) in [5, 5.41) is 8.76. The normalized spacial score (nSPS) is 13.2. The summed E-state index contributed by atoms with van der Waals surface area (Å²) in [6, 6.07) is 9.40. The van der Waals surface area contributed by atoms with E-state index >= 15 is 0 Å². The Kier molecular flexibility index (Phi) is 5.37. The number of carbonyl (C=O) groups excluding carboxylic acids is 1. The zero-order chi connectivity index (χ0) is 14.3. The van der Waals surface area contributed by atoms with Crippen molar-refractivity contribution >= 4 is 5.97 Å². The molecule has 0 saturated heterocycles. The van der Waals surface area contributed by atoms with Crippen molar-refractivity contribution in [3.05, 3.63) is 29.8 Å². The largest absolute Gasteiger partial charge is 0.497 e. The average molecular weight is 261 g/mol. The molecule has 0 aliphatic heterocycles. The van der Waals surface area contributed by atoms with E-state index in [1.165, 1.54) is 0 Å². The van der Waals surface area contributed by atoms with Crippen molar-refractivity contribution in [2.75, 3.05) is 13.7 Å². The molecule has 0 aromatic heterocycles. The van der Waals surface area contributed by atoms with E-state index in [-0.39, 0.29) is 5.97 Å². The van der Waals surface area contributed by atoms with Crippen LogP contribution in [-0.4, -0.2) is 19.7 Å². The standard InChI is InChI=1S/C15H19NO3/c1-4-19-14(17)15(2,9-6-10-16)12-7-5-8-13(11-12)18-3/h5,7-8,11H,4,6,9H2,1-3H3. The Labute approximate surface area is 113 Å². The van der Waals surface area contributed by atoms with Gasteiger partial charge in [0.1, 0.15) is 5.75 Å². The van der Waals surface area contributed by atoms with E-state index in [9.17, 15) is 4.79 Å². The zero-order valence-electron chi connectivity index (χ0n) is 11.6. The average Bonchev–Trinajstić information content (AvgIpc) is 2.45. The number of rotatable bonds is 6. The van der Waals surface area contributed by atoms with Crippen molar-refractivity contribution < 1.29 is 14.3 Å². The molecule has 0 spiro atoms. The molecule has 1 aromatic carbocycles. The summed E-state index contributed by atoms with van der Waals surface area (Å²) >= 11 is 0. The maximum absolute atomic E-state index is 12.2. The van der Waals surface area contributed by atoms with Crippen LogP contribution < -0.4 is 4.74 Å². The number of hydrogen-bond acceptors (Lipinski definition) is 4. The number of carbonyl (C=O) groups is 1. The van der Waals surface area contributed by atoms with Gasteiger partial charge >= 0.3 is 5.97 Å². The van der Waals surface area contributed by atoms with Gasteiger partial charge in [0.2, 0.25) is 0 Å². The quantitative estimate of drug-likeness (QED) is 0.739. The highest BCUT2D eigenvalue weighted by Crippen LogP contribution is 2.32. The molecule has 1 rings (SSSR count). The fraction of sp³-hybridized carbons (Fsp3) is 0.467. The first-order valence-corrected chi connectivity index (χ1v) is 6.27. The number of ether oxygens (including phenoxy) is 2. The number of hydrogen-bond donors (Lipinski definition) is 0. The van der Waals surface area contributed by atoms with Crippen molar-refractivity contribution in [1.29, 1.82) is 5.26 Å². The molecule has 4 nitrogen and oxygen atoms in total. The lowest BCUT2D eigenvalue weighted by molar-refractivity contribution is -0.149. The van der Waals surface area contributed by atoms with Crippen LogP contribution in [0.2, 0.25) is 0 Å². The summed E-state index contributed by atoms with van der Waals surface area (Å²) in [6.45, 7) is 3.90. The van der Waals surface area contributed by atoms with Gasteiger partial charge in [-0.15, -0.1) is 0 Å². The van der Waals surface area contributed by atoms with Gasteiger partial charge in [0, 0.05) is 6.42 Å². The summed E-state index contributed by atoms with van der Waals surface area (Å²) < 4.78 is 10.3. The summed E-state index contributed by atoms with van der Waals surface area (Å²) in [7, 11) is 1.58. The molecule has 1 atom stereocenters. The molecular formula is C15H19NO3. The monoisotopic (exact) mass is 261 g/mol. The van der Waals surface area contributed by atoms with E-state index < -0.39 is 5.41 Å². The third-order valence-electron chi connectivity index (χ3n) is 3.17. The lowest BCUT2D eigenvalue weighted by Crippen LogP contribution is -2.34. The molecule has 0 aliphatic rings. The molecule has 19 heavy (non-hydrogen) atoms. The van der Waals surface area contributed by atoms with Gasteiger partial charge < -0.3 is 9.47 Å². The molecule has 0 radical (unpaired) electrons. The third kappa shape index (κ3) is 3.47. The highest BCUT2D eigenvalue weighted by atomic mass is 16.5. The predicted molar refractivity (Wildman–Crippen MR) is 71.8 cm³/mol. The molecular weight excluding hydrogens is 242 g/mol. The summed E-state index contributed by atoms with van der Waals surface area (Å²) in [5.41, 5.74) is -0.0131. The van der Waals surface area contributed by atoms with E-state index in [0.717, 1.165) is 5.56 Å². The highest BCUT2D eigenvalue weighted by Gasteiger charge is 2.36. The van der Waals surface area contributed by atoms with Crippen LogP contribution in [-0.2, 0) is 14.9 Å². The van der Waals surface area contributed by atoms with Gasteiger partial charge in [-0.2, -0.15) is 5.26 Å². The molecule has 1 unspecified atom stereocenters. The van der Waals surface area contributed by atoms with Crippen molar-refractivity contribution in [1.82, 2.24) is 0 Å². The first kappa shape index (κ1) is 15.0. The van der Waals surface area contributed by atoms with Gasteiger partial charge in [0.25, 0.3) is 0 Å². The first-order chi connectivity index (χ1) is 9.08. The second kappa shape index (κ2) is 6.79. The van der Waals surface area contributed by atoms with Crippen LogP contribution in [0.1, 0.15) is 32.3 Å². The molecule has 0 amide bonds. The van der Waals surface area contributed by atoms with Crippen molar-refractivity contribution in [2.24, 2.45) is 0 Å². The molecule has 0 fully saturated rings. The first-order valence-electron chi connectivity index (χ1n) is 6.27. The number of benzene rings is 1. The topological polar surface area (TPSA) is 59.3 Å². The van der Waals surface area contributed by atoms with Crippen molar-refractivity contribution in [2.45, 2.75) is 32.1 Å². The number of methoxy groups -OCH3 is 1. The molecule has 0 aliphatic carbocycles. The van der Waals surface area contributed by atoms with Crippen LogP contribution >= 0.6 is 0 Å². The van der Waals surface area contributed by atoms with E-state index in [1.807, 2.05) is 24.3 Å². The van der Waals surface area contributed by atoms with Crippen LogP contribution in [0.5, 0.6) is 5.75 Å². The second-order valence-corrected chi connectivity index (χ2v) is 4.44. The molecule has 1 aromatic rings. The maximum Gasteiger partial charge on any atom is 0.316 e. The molecule has 0 heterocycles. The van der Waals surface area contributed by atoms with Gasteiger partial charge in [0.05, 0.1) is 25.2 Å². The maximum atomic E-state index is 12.2. The lowest BCUT2D eigenvalue weighted by atomic mass is 9.78. The summed E-state index contributed by atoms with van der Waals surface area (Å²) in [5.74, 6) is 0.378. The van der Waals surface area contributed by atoms with Crippen LogP contribution in [0.4, 0.5) is 0 Å². The van der Waals surface area contributed by atoms with Crippen LogP contribution in [0.15, 0.2) is 24.3 Å². The Hall–Kier alpha value is -2.02. The zero-order valence-corrected chi connectivity index (χ0v) is 11.6. The number of nitriles is 1. The minimum atomic E-state index is -0.819. The Morgan fingerprint density at radius 2 is 2.21 bits per heavy atom. The predicted octanol–water partition coefficient (Wildman–Crippen LogP) is 2.82. The van der Waals surface area contributed by atoms with Gasteiger partial charge in [0.15, 0.2) is 0 Å². The van der Waals surface area contributed by atoms with Gasteiger partial charge in [-0.1, -0.05) is 12.1 Å². The van der Waals surface area contributed by atoms with E-state index in [4.69, 9.17) is 14.7 Å². The van der Waals surface area contributed by atoms with E-state index in [0.29, 0.717) is 25.2 Å². The van der Waals surface area contributed by atoms with Gasteiger partial charge in [-0.05, 0) is 38.0 Å². The molecule has 4 heteroatoms. The molecule has 0 N–H and O–H groups in total. The minimum absolute atomic E-state index is 0.298. The second-order valence-electron chi connectivity index (χ2n) is 4.44. The Morgan fingerprint density at radius 3 is 2.79 bits per heavy atom. The number of nitrogens with zero attached hydrogens (tertiary/aromatic N) is 1. The van der Waals surface area contributed by atoms with Gasteiger partial charge in [-0.3, -0.25) is 4.79 Å². The Morgan fingerprint density at radius 1 is 1.47 bits per heavy atom. The molecule has 102 valence electrons. The minimum Gasteiger partial charge on any atom is -0.497 e. The Balaban J connectivity index is 3.14. The van der Waals surface area contributed by atoms with Gasteiger partial charge in [-0.25, -0.2) is 0 Å². The fourth-order valence-corrected chi connectivity index (χ4v) is 1.93. The Bertz CT molecular complexity index is 479. The third-order valence-corrected chi connectivity index (χ3v) is 3.17. The van der Waals surface area contributed by atoms with E-state index in [2.05, 4.69) is 6.07 Å². The van der Waals surface area contributed by atoms with Crippen LogP contribution in [0.25, 0.3) is 0 Å². The van der Waals surface area contributed by atoms with Crippen molar-refractivity contribution in [3.8, 4) is 11.8 Å². The smallest absolute Gasteiger partial charge is 0.316 e. The highest BCUT2D eigenvalue weighted by molar-refractivity contribution is 5.83. The fourth-order valence-electron chi connectivity index (χ4n) is 1.93.